The van der Waals surface area contributed by atoms with Crippen molar-refractivity contribution in [3.8, 4) is 0 Å². The highest BCUT2D eigenvalue weighted by molar-refractivity contribution is 5.75. The van der Waals surface area contributed by atoms with Gasteiger partial charge in [-0.25, -0.2) is 0 Å². The number of rotatable bonds is 3. The van der Waals surface area contributed by atoms with Gasteiger partial charge in [-0.1, -0.05) is 6.92 Å². The van der Waals surface area contributed by atoms with Gasteiger partial charge < -0.3 is 15.9 Å². The van der Waals surface area contributed by atoms with Gasteiger partial charge in [0, 0.05) is 0 Å². The molecule has 0 heterocycles. The highest BCUT2D eigenvalue weighted by atomic mass is 16.5. The lowest BCUT2D eigenvalue weighted by Gasteiger charge is -2.05. The van der Waals surface area contributed by atoms with Gasteiger partial charge in [0.05, 0.1) is 6.61 Å². The summed E-state index contributed by atoms with van der Waals surface area (Å²) in [6.45, 7) is 4.02. The van der Waals surface area contributed by atoms with Gasteiger partial charge in [-0.15, -0.1) is 0 Å². The summed E-state index contributed by atoms with van der Waals surface area (Å²) in [7, 11) is 0. The number of carbonyl (C=O) groups excluding carboxylic acids is 1. The highest BCUT2D eigenvalue weighted by Crippen LogP contribution is 1.89. The van der Waals surface area contributed by atoms with E-state index in [1.165, 1.54) is 0 Å². The zero-order chi connectivity index (χ0) is 7.28. The predicted octanol–water partition coefficient (Wildman–Crippen LogP) is -0.538. The second-order valence-corrected chi connectivity index (χ2v) is 1.77. The SMILES string of the molecule is CCOC(=O)C(N)CC.O. The molecule has 62 valence electrons. The van der Waals surface area contributed by atoms with Crippen molar-refractivity contribution in [3.05, 3.63) is 0 Å². The minimum atomic E-state index is -0.440. The smallest absolute Gasteiger partial charge is 0.322 e. The normalized spacial score (nSPS) is 11.5. The van der Waals surface area contributed by atoms with Gasteiger partial charge in [-0.2, -0.15) is 0 Å². The van der Waals surface area contributed by atoms with Gasteiger partial charge in [0.2, 0.25) is 0 Å². The lowest BCUT2D eigenvalue weighted by atomic mass is 10.2. The Hall–Kier alpha value is -0.610. The van der Waals surface area contributed by atoms with E-state index in [1.807, 2.05) is 6.92 Å². The van der Waals surface area contributed by atoms with E-state index in [4.69, 9.17) is 5.73 Å². The van der Waals surface area contributed by atoms with Crippen molar-refractivity contribution in [1.29, 1.82) is 0 Å². The second kappa shape index (κ2) is 6.51. The summed E-state index contributed by atoms with van der Waals surface area (Å²) in [4.78, 5) is 10.6. The molecule has 0 spiro atoms. The fraction of sp³-hybridized carbons (Fsp3) is 0.833. The third-order valence-corrected chi connectivity index (χ3v) is 1.03. The third kappa shape index (κ3) is 4.29. The van der Waals surface area contributed by atoms with Crippen LogP contribution in [0.5, 0.6) is 0 Å². The monoisotopic (exact) mass is 149 g/mol. The van der Waals surface area contributed by atoms with Crippen LogP contribution in [-0.2, 0) is 9.53 Å². The molecule has 4 nitrogen and oxygen atoms in total. The van der Waals surface area contributed by atoms with Gasteiger partial charge in [-0.05, 0) is 13.3 Å². The lowest BCUT2D eigenvalue weighted by molar-refractivity contribution is -0.144. The topological polar surface area (TPSA) is 83.8 Å². The molecule has 0 saturated heterocycles. The lowest BCUT2D eigenvalue weighted by Crippen LogP contribution is -2.31. The average molecular weight is 149 g/mol. The van der Waals surface area contributed by atoms with Crippen molar-refractivity contribution < 1.29 is 15.0 Å². The quantitative estimate of drug-likeness (QED) is 0.547. The maximum absolute atomic E-state index is 10.6. The van der Waals surface area contributed by atoms with E-state index in [-0.39, 0.29) is 11.4 Å². The van der Waals surface area contributed by atoms with Gasteiger partial charge in [0.15, 0.2) is 0 Å². The fourth-order valence-corrected chi connectivity index (χ4v) is 0.416. The first kappa shape index (κ1) is 12.1. The van der Waals surface area contributed by atoms with E-state index in [1.54, 1.807) is 6.92 Å². The zero-order valence-electron chi connectivity index (χ0n) is 6.39. The first-order valence-corrected chi connectivity index (χ1v) is 3.14. The fourth-order valence-electron chi connectivity index (χ4n) is 0.416. The molecule has 0 rings (SSSR count). The van der Waals surface area contributed by atoms with E-state index in [9.17, 15) is 4.79 Å². The van der Waals surface area contributed by atoms with Gasteiger partial charge in [0.1, 0.15) is 6.04 Å². The summed E-state index contributed by atoms with van der Waals surface area (Å²) >= 11 is 0. The van der Waals surface area contributed by atoms with Crippen LogP contribution >= 0.6 is 0 Å². The number of esters is 1. The maximum atomic E-state index is 10.6. The molecule has 0 fully saturated rings. The molecule has 0 bridgehead atoms. The van der Waals surface area contributed by atoms with Crippen molar-refractivity contribution >= 4 is 5.97 Å². The first-order chi connectivity index (χ1) is 4.22. The third-order valence-electron chi connectivity index (χ3n) is 1.03. The number of hydrogen-bond acceptors (Lipinski definition) is 3. The summed E-state index contributed by atoms with van der Waals surface area (Å²) in [5.74, 6) is -0.306. The van der Waals surface area contributed by atoms with Crippen molar-refractivity contribution in [2.75, 3.05) is 6.61 Å². The van der Waals surface area contributed by atoms with Crippen LogP contribution in [0.3, 0.4) is 0 Å². The molecule has 4 N–H and O–H groups in total. The van der Waals surface area contributed by atoms with Gasteiger partial charge >= 0.3 is 5.97 Å². The zero-order valence-corrected chi connectivity index (χ0v) is 6.39. The van der Waals surface area contributed by atoms with Crippen molar-refractivity contribution in [3.63, 3.8) is 0 Å². The molecule has 1 unspecified atom stereocenters. The summed E-state index contributed by atoms with van der Waals surface area (Å²) in [5, 5.41) is 0. The Bertz CT molecular complexity index is 95.0. The maximum Gasteiger partial charge on any atom is 0.322 e. The molecule has 0 radical (unpaired) electrons. The molecule has 4 heteroatoms. The summed E-state index contributed by atoms with van der Waals surface area (Å²) < 4.78 is 4.63. The summed E-state index contributed by atoms with van der Waals surface area (Å²) in [5.41, 5.74) is 5.33. The van der Waals surface area contributed by atoms with Crippen LogP contribution < -0.4 is 5.73 Å². The van der Waals surface area contributed by atoms with Crippen LogP contribution in [0.4, 0.5) is 0 Å². The molecule has 0 aromatic heterocycles. The van der Waals surface area contributed by atoms with Gasteiger partial charge in [0.25, 0.3) is 0 Å². The Kier molecular flexibility index (Phi) is 7.88. The molecule has 0 aromatic rings. The molecule has 0 aliphatic carbocycles. The highest BCUT2D eigenvalue weighted by Gasteiger charge is 2.10. The standard InChI is InChI=1S/C6H13NO2.H2O/c1-3-5(7)6(8)9-4-2;/h5H,3-4,7H2,1-2H3;1H2. The molecule has 0 aromatic carbocycles. The molecule has 0 aliphatic rings. The van der Waals surface area contributed by atoms with E-state index in [0.717, 1.165) is 0 Å². The molecule has 0 aliphatic heterocycles. The minimum Gasteiger partial charge on any atom is -0.465 e. The van der Waals surface area contributed by atoms with Crippen LogP contribution in [0, 0.1) is 0 Å². The van der Waals surface area contributed by atoms with Crippen LogP contribution in [0.1, 0.15) is 20.3 Å². The van der Waals surface area contributed by atoms with E-state index >= 15 is 0 Å². The van der Waals surface area contributed by atoms with Crippen LogP contribution in [-0.4, -0.2) is 24.1 Å². The molecular weight excluding hydrogens is 134 g/mol. The Morgan fingerprint density at radius 1 is 1.60 bits per heavy atom. The van der Waals surface area contributed by atoms with Crippen molar-refractivity contribution in [1.82, 2.24) is 0 Å². The van der Waals surface area contributed by atoms with E-state index in [2.05, 4.69) is 4.74 Å². The van der Waals surface area contributed by atoms with E-state index < -0.39 is 6.04 Å². The van der Waals surface area contributed by atoms with Crippen molar-refractivity contribution in [2.24, 2.45) is 5.73 Å². The number of carbonyl (C=O) groups is 1. The average Bonchev–Trinajstić information content (AvgIpc) is 1.87. The largest absolute Gasteiger partial charge is 0.465 e. The summed E-state index contributed by atoms with van der Waals surface area (Å²) in [6, 6.07) is -0.440. The van der Waals surface area contributed by atoms with Crippen LogP contribution in [0.15, 0.2) is 0 Å². The number of hydrogen-bond donors (Lipinski definition) is 1. The van der Waals surface area contributed by atoms with Crippen LogP contribution in [0.25, 0.3) is 0 Å². The minimum absolute atomic E-state index is 0. The number of ether oxygens (including phenoxy) is 1. The Labute approximate surface area is 60.7 Å². The molecular formula is C6H15NO3. The Morgan fingerprint density at radius 3 is 2.40 bits per heavy atom. The number of nitrogens with two attached hydrogens (primary N) is 1. The van der Waals surface area contributed by atoms with Crippen molar-refractivity contribution in [2.45, 2.75) is 26.3 Å². The first-order valence-electron chi connectivity index (χ1n) is 3.14. The molecule has 10 heavy (non-hydrogen) atoms. The van der Waals surface area contributed by atoms with Gasteiger partial charge in [-0.3, -0.25) is 4.79 Å². The Balaban J connectivity index is 0. The predicted molar refractivity (Wildman–Crippen MR) is 38.5 cm³/mol. The Morgan fingerprint density at radius 2 is 2.10 bits per heavy atom. The second-order valence-electron chi connectivity index (χ2n) is 1.77. The molecule has 0 amide bonds. The molecule has 1 atom stereocenters. The summed E-state index contributed by atoms with van der Waals surface area (Å²) in [6.07, 6.45) is 0.638. The molecule has 0 saturated carbocycles. The van der Waals surface area contributed by atoms with E-state index in [0.29, 0.717) is 13.0 Å². The van der Waals surface area contributed by atoms with Crippen LogP contribution in [0.2, 0.25) is 0 Å².